The quantitative estimate of drug-likeness (QED) is 0.261. The highest BCUT2D eigenvalue weighted by molar-refractivity contribution is 7.99. The van der Waals surface area contributed by atoms with Crippen LogP contribution in [0.4, 0.5) is 0 Å². The summed E-state index contributed by atoms with van der Waals surface area (Å²) in [4.78, 5) is 27.0. The number of hydrogen-bond donors (Lipinski definition) is 1. The number of rotatable bonds is 11. The van der Waals surface area contributed by atoms with Crippen molar-refractivity contribution in [2.45, 2.75) is 30.6 Å². The van der Waals surface area contributed by atoms with Gasteiger partial charge in [0.05, 0.1) is 49.6 Å². The van der Waals surface area contributed by atoms with E-state index in [0.29, 0.717) is 28.9 Å². The van der Waals surface area contributed by atoms with Crippen molar-refractivity contribution >= 4 is 40.6 Å². The molecule has 0 aliphatic carbocycles. The Morgan fingerprint density at radius 3 is 2.61 bits per heavy atom. The predicted octanol–water partition coefficient (Wildman–Crippen LogP) is 4.22. The lowest BCUT2D eigenvalue weighted by molar-refractivity contribution is -0.130. The van der Waals surface area contributed by atoms with Crippen molar-refractivity contribution in [2.75, 3.05) is 20.0 Å². The number of benzene rings is 2. The van der Waals surface area contributed by atoms with Gasteiger partial charge in [-0.05, 0) is 23.1 Å². The van der Waals surface area contributed by atoms with Crippen molar-refractivity contribution in [3.05, 3.63) is 87.9 Å². The Labute approximate surface area is 246 Å². The van der Waals surface area contributed by atoms with Crippen LogP contribution in [0.25, 0.3) is 0 Å². The third-order valence-corrected chi connectivity index (χ3v) is 8.59. The molecule has 1 aliphatic heterocycles. The summed E-state index contributed by atoms with van der Waals surface area (Å²) in [5.41, 5.74) is 2.61. The van der Waals surface area contributed by atoms with E-state index in [2.05, 4.69) is 15.5 Å². The number of carbonyl (C=O) groups excluding carboxylic acids is 2. The molecule has 1 aliphatic rings. The van der Waals surface area contributed by atoms with Crippen molar-refractivity contribution < 1.29 is 19.1 Å². The Kier molecular flexibility index (Phi) is 9.00. The lowest BCUT2D eigenvalue weighted by Gasteiger charge is -2.24. The summed E-state index contributed by atoms with van der Waals surface area (Å²) in [6, 6.07) is 18.8. The van der Waals surface area contributed by atoms with E-state index in [9.17, 15) is 9.59 Å². The van der Waals surface area contributed by atoms with Gasteiger partial charge in [-0.2, -0.15) is 5.10 Å². The highest BCUT2D eigenvalue weighted by Crippen LogP contribution is 2.42. The van der Waals surface area contributed by atoms with E-state index in [1.165, 1.54) is 11.8 Å². The zero-order chi connectivity index (χ0) is 28.8. The first-order valence-electron chi connectivity index (χ1n) is 12.9. The SMILES string of the molecule is COc1cccc(C2CC(c3cccs3)=NN2C(=O)CSc2nnc(CNC(=O)Cc3ccccc3)n2C)c1OC. The second kappa shape index (κ2) is 13.0. The minimum atomic E-state index is -0.347. The molecule has 212 valence electrons. The molecule has 1 atom stereocenters. The van der Waals surface area contributed by atoms with Crippen molar-refractivity contribution in [3.8, 4) is 11.5 Å². The summed E-state index contributed by atoms with van der Waals surface area (Å²) >= 11 is 2.87. The van der Waals surface area contributed by atoms with Crippen LogP contribution in [0.1, 0.15) is 34.3 Å². The summed E-state index contributed by atoms with van der Waals surface area (Å²) in [5.74, 6) is 1.61. The number of amides is 2. The monoisotopic (exact) mass is 590 g/mol. The van der Waals surface area contributed by atoms with Crippen LogP contribution in [0.2, 0.25) is 0 Å². The third kappa shape index (κ3) is 6.44. The molecule has 4 aromatic rings. The topological polar surface area (TPSA) is 111 Å². The number of hydrogen-bond acceptors (Lipinski definition) is 9. The molecule has 12 heteroatoms. The lowest BCUT2D eigenvalue weighted by atomic mass is 9.99. The van der Waals surface area contributed by atoms with Crippen molar-refractivity contribution in [3.63, 3.8) is 0 Å². The normalized spacial score (nSPS) is 14.6. The number of hydrazone groups is 1. The maximum Gasteiger partial charge on any atom is 0.253 e. The highest BCUT2D eigenvalue weighted by atomic mass is 32.2. The van der Waals surface area contributed by atoms with Crippen molar-refractivity contribution in [2.24, 2.45) is 12.1 Å². The Bertz CT molecular complexity index is 1540. The Morgan fingerprint density at radius 1 is 1.05 bits per heavy atom. The number of nitrogens with one attached hydrogen (secondary N) is 1. The largest absolute Gasteiger partial charge is 0.493 e. The fourth-order valence-corrected chi connectivity index (χ4v) is 6.09. The number of para-hydroxylation sites is 1. The van der Waals surface area contributed by atoms with Gasteiger partial charge in [0.1, 0.15) is 0 Å². The van der Waals surface area contributed by atoms with Crippen molar-refractivity contribution in [1.82, 2.24) is 25.1 Å². The average molecular weight is 591 g/mol. The molecule has 2 aromatic heterocycles. The van der Waals surface area contributed by atoms with Crippen LogP contribution in [-0.2, 0) is 29.6 Å². The van der Waals surface area contributed by atoms with Gasteiger partial charge in [0.15, 0.2) is 22.5 Å². The zero-order valence-corrected chi connectivity index (χ0v) is 24.6. The third-order valence-electron chi connectivity index (χ3n) is 6.66. The van der Waals surface area contributed by atoms with Crippen molar-refractivity contribution in [1.29, 1.82) is 0 Å². The van der Waals surface area contributed by atoms with Gasteiger partial charge in [0, 0.05) is 19.0 Å². The van der Waals surface area contributed by atoms with E-state index in [0.717, 1.165) is 21.7 Å². The molecule has 0 saturated carbocycles. The van der Waals surface area contributed by atoms with Gasteiger partial charge in [0.25, 0.3) is 5.91 Å². The number of carbonyl (C=O) groups is 2. The van der Waals surface area contributed by atoms with E-state index in [1.54, 1.807) is 35.1 Å². The second-order valence-corrected chi connectivity index (χ2v) is 11.1. The minimum Gasteiger partial charge on any atom is -0.493 e. The van der Waals surface area contributed by atoms with E-state index in [-0.39, 0.29) is 36.6 Å². The first-order chi connectivity index (χ1) is 20.0. The summed E-state index contributed by atoms with van der Waals surface area (Å²) < 4.78 is 13.0. The maximum absolute atomic E-state index is 13.6. The summed E-state index contributed by atoms with van der Waals surface area (Å²) in [5, 5.41) is 20.2. The predicted molar refractivity (Wildman–Crippen MR) is 158 cm³/mol. The Morgan fingerprint density at radius 2 is 1.88 bits per heavy atom. The number of nitrogens with zero attached hydrogens (tertiary/aromatic N) is 5. The first kappa shape index (κ1) is 28.4. The van der Waals surface area contributed by atoms with Crippen LogP contribution < -0.4 is 14.8 Å². The Balaban J connectivity index is 1.27. The molecule has 0 bridgehead atoms. The van der Waals surface area contributed by atoms with E-state index >= 15 is 0 Å². The number of ether oxygens (including phenoxy) is 2. The van der Waals surface area contributed by atoms with Crippen LogP contribution in [-0.4, -0.2) is 57.3 Å². The molecule has 0 radical (unpaired) electrons. The van der Waals surface area contributed by atoms with Crippen LogP contribution in [0, 0.1) is 0 Å². The van der Waals surface area contributed by atoms with Gasteiger partial charge in [0.2, 0.25) is 5.91 Å². The smallest absolute Gasteiger partial charge is 0.253 e. The number of aromatic nitrogens is 3. The molecule has 3 heterocycles. The van der Waals surface area contributed by atoms with Gasteiger partial charge in [-0.25, -0.2) is 5.01 Å². The lowest BCUT2D eigenvalue weighted by Crippen LogP contribution is -2.29. The van der Waals surface area contributed by atoms with Gasteiger partial charge < -0.3 is 19.4 Å². The number of thioether (sulfide) groups is 1. The Hall–Kier alpha value is -4.16. The molecule has 2 amide bonds. The summed E-state index contributed by atoms with van der Waals surface area (Å²) in [6.45, 7) is 0.238. The number of methoxy groups -OCH3 is 2. The molecular weight excluding hydrogens is 560 g/mol. The maximum atomic E-state index is 13.6. The second-order valence-electron chi connectivity index (χ2n) is 9.25. The molecule has 0 spiro atoms. The minimum absolute atomic E-state index is 0.101. The molecule has 1 unspecified atom stereocenters. The fourth-order valence-electron chi connectivity index (χ4n) is 4.59. The number of thiophene rings is 1. The van der Waals surface area contributed by atoms with Crippen LogP contribution in [0.5, 0.6) is 11.5 Å². The molecule has 10 nitrogen and oxygen atoms in total. The molecule has 1 N–H and O–H groups in total. The van der Waals surface area contributed by atoms with Crippen LogP contribution >= 0.6 is 23.1 Å². The van der Waals surface area contributed by atoms with Gasteiger partial charge in [-0.3, -0.25) is 9.59 Å². The summed E-state index contributed by atoms with van der Waals surface area (Å²) in [7, 11) is 5.00. The molecule has 0 fully saturated rings. The molecular formula is C29H30N6O4S2. The fraction of sp³-hybridized carbons (Fsp3) is 0.276. The molecule has 0 saturated heterocycles. The van der Waals surface area contributed by atoms with E-state index in [1.807, 2.05) is 73.1 Å². The molecule has 41 heavy (non-hydrogen) atoms. The van der Waals surface area contributed by atoms with Gasteiger partial charge in [-0.15, -0.1) is 21.5 Å². The first-order valence-corrected chi connectivity index (χ1v) is 14.8. The zero-order valence-electron chi connectivity index (χ0n) is 22.9. The molecule has 2 aromatic carbocycles. The molecule has 5 rings (SSSR count). The highest BCUT2D eigenvalue weighted by Gasteiger charge is 2.36. The standard InChI is InChI=1S/C29H30N6O4S2/c1-34-25(17-30-26(36)15-19-9-5-4-6-10-19)31-32-29(34)41-18-27(37)35-22(16-21(33-35)24-13-8-14-40-24)20-11-7-12-23(38-2)28(20)39-3/h4-14,22H,15-18H2,1-3H3,(H,30,36). The van der Waals surface area contributed by atoms with Gasteiger partial charge >= 0.3 is 0 Å². The van der Waals surface area contributed by atoms with E-state index < -0.39 is 0 Å². The van der Waals surface area contributed by atoms with Gasteiger partial charge in [-0.1, -0.05) is 60.3 Å². The van der Waals surface area contributed by atoms with Crippen LogP contribution in [0.15, 0.2) is 76.3 Å². The summed E-state index contributed by atoms with van der Waals surface area (Å²) in [6.07, 6.45) is 0.842. The van der Waals surface area contributed by atoms with E-state index in [4.69, 9.17) is 14.6 Å². The average Bonchev–Trinajstić information content (AvgIpc) is 3.75. The van der Waals surface area contributed by atoms with Crippen LogP contribution in [0.3, 0.4) is 0 Å².